The number of nitrogens with one attached hydrogen (secondary N) is 1. The van der Waals surface area contributed by atoms with Gasteiger partial charge in [0.2, 0.25) is 0 Å². The number of nitrogen functional groups attached to an aromatic ring is 1. The number of pyridine rings is 2. The van der Waals surface area contributed by atoms with Gasteiger partial charge in [-0.15, -0.1) is 24.2 Å². The van der Waals surface area contributed by atoms with Crippen LogP contribution in [0.25, 0.3) is 0 Å². The zero-order valence-electron chi connectivity index (χ0n) is 16.7. The molecule has 1 aromatic carbocycles. The number of carbonyl (C=O) groups is 1. The number of nitrogens with zero attached hydrogens (tertiary/aromatic N) is 2. The molecule has 152 valence electrons. The minimum Gasteiger partial charge on any atom is -0.384 e. The first kappa shape index (κ1) is 22.7. The highest BCUT2D eigenvalue weighted by atomic mass is 35.5. The molecule has 0 aliphatic heterocycles. The third-order valence-corrected chi connectivity index (χ3v) is 5.32. The van der Waals surface area contributed by atoms with Gasteiger partial charge in [-0.05, 0) is 52.9 Å². The highest BCUT2D eigenvalue weighted by molar-refractivity contribution is 7.98. The van der Waals surface area contributed by atoms with Crippen molar-refractivity contribution in [3.63, 3.8) is 0 Å². The average molecular weight is 429 g/mol. The van der Waals surface area contributed by atoms with Crippen LogP contribution in [0.3, 0.4) is 0 Å². The molecule has 0 atom stereocenters. The third kappa shape index (κ3) is 6.21. The lowest BCUT2D eigenvalue weighted by atomic mass is 9.87. The highest BCUT2D eigenvalue weighted by Gasteiger charge is 2.15. The monoisotopic (exact) mass is 428 g/mol. The van der Waals surface area contributed by atoms with Gasteiger partial charge in [-0.25, -0.2) is 9.97 Å². The zero-order valence-corrected chi connectivity index (χ0v) is 18.3. The van der Waals surface area contributed by atoms with Crippen LogP contribution in [-0.2, 0) is 11.2 Å². The van der Waals surface area contributed by atoms with E-state index in [1.54, 1.807) is 24.5 Å². The van der Waals surface area contributed by atoms with Crippen LogP contribution >= 0.6 is 24.2 Å². The molecule has 3 rings (SSSR count). The van der Waals surface area contributed by atoms with E-state index >= 15 is 0 Å². The smallest absolute Gasteiger partial charge is 0.258 e. The second-order valence-electron chi connectivity index (χ2n) is 7.52. The number of rotatable bonds is 5. The Bertz CT molecular complexity index is 971. The Morgan fingerprint density at radius 1 is 1.07 bits per heavy atom. The number of nitrogens with two attached hydrogens (primary N) is 1. The summed E-state index contributed by atoms with van der Waals surface area (Å²) in [5.41, 5.74) is 9.37. The van der Waals surface area contributed by atoms with Gasteiger partial charge in [0.05, 0.1) is 5.56 Å². The molecule has 0 radical (unpaired) electrons. The average Bonchev–Trinajstić information content (AvgIpc) is 2.66. The minimum atomic E-state index is -0.173. The van der Waals surface area contributed by atoms with E-state index in [1.807, 2.05) is 36.4 Å². The van der Waals surface area contributed by atoms with Gasteiger partial charge in [-0.2, -0.15) is 0 Å². The van der Waals surface area contributed by atoms with Crippen LogP contribution in [0.15, 0.2) is 66.0 Å². The lowest BCUT2D eigenvalue weighted by molar-refractivity contribution is 0.102. The first-order valence-electron chi connectivity index (χ1n) is 9.03. The Labute approximate surface area is 182 Å². The van der Waals surface area contributed by atoms with E-state index in [2.05, 4.69) is 36.1 Å². The van der Waals surface area contributed by atoms with Crippen molar-refractivity contribution < 1.29 is 4.79 Å². The molecule has 3 N–H and O–H groups in total. The van der Waals surface area contributed by atoms with Crippen molar-refractivity contribution in [2.45, 2.75) is 37.0 Å². The molecule has 2 heterocycles. The van der Waals surface area contributed by atoms with Gasteiger partial charge >= 0.3 is 0 Å². The van der Waals surface area contributed by atoms with Crippen molar-refractivity contribution in [3.05, 3.63) is 77.6 Å². The molecule has 3 aromatic rings. The van der Waals surface area contributed by atoms with Gasteiger partial charge in [-0.1, -0.05) is 32.9 Å². The van der Waals surface area contributed by atoms with Gasteiger partial charge < -0.3 is 11.1 Å². The first-order chi connectivity index (χ1) is 13.3. The number of carbonyl (C=O) groups excluding carboxylic acids is 1. The molecule has 0 spiro atoms. The standard InChI is InChI=1S/C22H24N4OS.ClH/c1-22(2,3)16-6-8-17(9-7-16)26-20(27)18-5-4-11-25-21(18)28-14-15-10-12-24-19(23)13-15;/h4-13H,14H2,1-3H3,(H2,23,24)(H,26,27);1H. The number of anilines is 2. The third-order valence-electron chi connectivity index (χ3n) is 4.25. The number of benzene rings is 1. The fraction of sp³-hybridized carbons (Fsp3) is 0.227. The molecule has 0 saturated carbocycles. The van der Waals surface area contributed by atoms with Gasteiger partial charge in [0.15, 0.2) is 0 Å². The summed E-state index contributed by atoms with van der Waals surface area (Å²) in [6, 6.07) is 15.2. The predicted octanol–water partition coefficient (Wildman–Crippen LogP) is 5.32. The van der Waals surface area contributed by atoms with Crippen molar-refractivity contribution in [2.24, 2.45) is 0 Å². The minimum absolute atomic E-state index is 0. The van der Waals surface area contributed by atoms with Gasteiger partial charge in [-0.3, -0.25) is 4.79 Å². The zero-order chi connectivity index (χ0) is 20.1. The fourth-order valence-electron chi connectivity index (χ4n) is 2.67. The molecule has 0 fully saturated rings. The van der Waals surface area contributed by atoms with Gasteiger partial charge in [0.1, 0.15) is 10.8 Å². The topological polar surface area (TPSA) is 80.9 Å². The molecule has 7 heteroatoms. The summed E-state index contributed by atoms with van der Waals surface area (Å²) in [4.78, 5) is 21.2. The molecule has 5 nitrogen and oxygen atoms in total. The number of hydrogen-bond donors (Lipinski definition) is 2. The summed E-state index contributed by atoms with van der Waals surface area (Å²) >= 11 is 1.50. The highest BCUT2D eigenvalue weighted by Crippen LogP contribution is 2.26. The maximum Gasteiger partial charge on any atom is 0.258 e. The van der Waals surface area contributed by atoms with E-state index in [9.17, 15) is 4.79 Å². The second kappa shape index (κ2) is 9.76. The van der Waals surface area contributed by atoms with Crippen molar-refractivity contribution in [1.82, 2.24) is 9.97 Å². The van der Waals surface area contributed by atoms with E-state index < -0.39 is 0 Å². The number of hydrogen-bond acceptors (Lipinski definition) is 5. The van der Waals surface area contributed by atoms with Crippen LogP contribution in [0.4, 0.5) is 11.5 Å². The summed E-state index contributed by atoms with van der Waals surface area (Å²) in [7, 11) is 0. The molecule has 0 bridgehead atoms. The maximum absolute atomic E-state index is 12.8. The van der Waals surface area contributed by atoms with Crippen molar-refractivity contribution in [3.8, 4) is 0 Å². The molecule has 0 saturated heterocycles. The SMILES string of the molecule is CC(C)(C)c1ccc(NC(=O)c2cccnc2SCc2ccnc(N)c2)cc1.Cl. The summed E-state index contributed by atoms with van der Waals surface area (Å²) < 4.78 is 0. The molecular formula is C22H25ClN4OS. The molecule has 2 aromatic heterocycles. The first-order valence-corrected chi connectivity index (χ1v) is 10.0. The summed E-state index contributed by atoms with van der Waals surface area (Å²) in [6.07, 6.45) is 3.37. The van der Waals surface area contributed by atoms with Crippen LogP contribution in [0.2, 0.25) is 0 Å². The molecule has 0 aliphatic rings. The van der Waals surface area contributed by atoms with Crippen LogP contribution in [-0.4, -0.2) is 15.9 Å². The molecular weight excluding hydrogens is 404 g/mol. The predicted molar refractivity (Wildman–Crippen MR) is 123 cm³/mol. The van der Waals surface area contributed by atoms with Crippen molar-refractivity contribution >= 4 is 41.6 Å². The maximum atomic E-state index is 12.8. The lowest BCUT2D eigenvalue weighted by Crippen LogP contribution is -2.14. The Morgan fingerprint density at radius 3 is 2.45 bits per heavy atom. The quantitative estimate of drug-likeness (QED) is 0.537. The van der Waals surface area contributed by atoms with Crippen LogP contribution in [0.1, 0.15) is 42.3 Å². The fourth-order valence-corrected chi connectivity index (χ4v) is 3.60. The van der Waals surface area contributed by atoms with Crippen molar-refractivity contribution in [2.75, 3.05) is 11.1 Å². The Hall–Kier alpha value is -2.57. The lowest BCUT2D eigenvalue weighted by Gasteiger charge is -2.19. The summed E-state index contributed by atoms with van der Waals surface area (Å²) in [6.45, 7) is 6.49. The summed E-state index contributed by atoms with van der Waals surface area (Å²) in [5, 5.41) is 3.64. The van der Waals surface area contributed by atoms with Crippen LogP contribution in [0, 0.1) is 0 Å². The van der Waals surface area contributed by atoms with E-state index in [0.717, 1.165) is 11.3 Å². The van der Waals surface area contributed by atoms with E-state index in [1.165, 1.54) is 17.3 Å². The largest absolute Gasteiger partial charge is 0.384 e. The van der Waals surface area contributed by atoms with Crippen molar-refractivity contribution in [1.29, 1.82) is 0 Å². The second-order valence-corrected chi connectivity index (χ2v) is 8.48. The number of aromatic nitrogens is 2. The van der Waals surface area contributed by atoms with E-state index in [4.69, 9.17) is 5.73 Å². The molecule has 0 aliphatic carbocycles. The van der Waals surface area contributed by atoms with E-state index in [-0.39, 0.29) is 23.7 Å². The van der Waals surface area contributed by atoms with E-state index in [0.29, 0.717) is 22.2 Å². The summed E-state index contributed by atoms with van der Waals surface area (Å²) in [5.74, 6) is 0.966. The number of halogens is 1. The molecule has 1 amide bonds. The Morgan fingerprint density at radius 2 is 1.79 bits per heavy atom. The molecule has 0 unspecified atom stereocenters. The Kier molecular flexibility index (Phi) is 7.65. The normalized spacial score (nSPS) is 10.9. The molecule has 29 heavy (non-hydrogen) atoms. The number of amides is 1. The van der Waals surface area contributed by atoms with Gasteiger partial charge in [0.25, 0.3) is 5.91 Å². The Balaban J connectivity index is 0.00000300. The van der Waals surface area contributed by atoms with Gasteiger partial charge in [0, 0.05) is 23.8 Å². The van der Waals surface area contributed by atoms with Crippen LogP contribution < -0.4 is 11.1 Å². The van der Waals surface area contributed by atoms with Crippen LogP contribution in [0.5, 0.6) is 0 Å². The number of thioether (sulfide) groups is 1.